The summed E-state index contributed by atoms with van der Waals surface area (Å²) >= 11 is 1.14. The Bertz CT molecular complexity index is 899. The van der Waals surface area contributed by atoms with Gasteiger partial charge in [-0.05, 0) is 36.8 Å². The molecule has 0 atom stereocenters. The molecule has 1 aromatic carbocycles. The van der Waals surface area contributed by atoms with Crippen molar-refractivity contribution in [1.29, 1.82) is 0 Å². The number of hydrogen-bond donors (Lipinski definition) is 2. The molecule has 7 nitrogen and oxygen atoms in total. The zero-order valence-electron chi connectivity index (χ0n) is 13.3. The molecule has 3 aromatic rings. The van der Waals surface area contributed by atoms with Crippen LogP contribution in [0.2, 0.25) is 0 Å². The number of pyridine rings is 1. The second-order valence-electron chi connectivity index (χ2n) is 5.22. The van der Waals surface area contributed by atoms with E-state index in [1.165, 1.54) is 10.7 Å². The number of carbonyl (C=O) groups is 1. The molecule has 3 rings (SSSR count). The standard InChI is InChI=1S/C16H15FN6OS/c1-10-4-5-12(7-13(10)17)20-14(24)9-25-16-22-21-15(23(16)18)11-3-2-6-19-8-11/h2-8H,9,18H2,1H3,(H,20,24). The minimum absolute atomic E-state index is 0.0673. The Kier molecular flexibility index (Phi) is 4.94. The van der Waals surface area contributed by atoms with Crippen LogP contribution in [0.1, 0.15) is 5.56 Å². The van der Waals surface area contributed by atoms with Crippen LogP contribution >= 0.6 is 11.8 Å². The number of anilines is 1. The maximum Gasteiger partial charge on any atom is 0.234 e. The third kappa shape index (κ3) is 3.94. The van der Waals surface area contributed by atoms with Crippen molar-refractivity contribution in [2.75, 3.05) is 16.9 Å². The fourth-order valence-electron chi connectivity index (χ4n) is 2.07. The molecule has 2 aromatic heterocycles. The van der Waals surface area contributed by atoms with Crippen molar-refractivity contribution in [3.05, 3.63) is 54.1 Å². The van der Waals surface area contributed by atoms with Crippen LogP contribution in [0.4, 0.5) is 10.1 Å². The Balaban J connectivity index is 1.63. The Hall–Kier alpha value is -2.94. The smallest absolute Gasteiger partial charge is 0.234 e. The second kappa shape index (κ2) is 7.31. The van der Waals surface area contributed by atoms with Crippen LogP contribution in [0.15, 0.2) is 47.9 Å². The maximum absolute atomic E-state index is 13.5. The summed E-state index contributed by atoms with van der Waals surface area (Å²) in [7, 11) is 0. The number of carbonyl (C=O) groups excluding carboxylic acids is 1. The number of nitrogens with zero attached hydrogens (tertiary/aromatic N) is 4. The third-order valence-corrected chi connectivity index (χ3v) is 4.32. The average Bonchev–Trinajstić information content (AvgIpc) is 2.98. The van der Waals surface area contributed by atoms with Crippen molar-refractivity contribution in [3.63, 3.8) is 0 Å². The van der Waals surface area contributed by atoms with Gasteiger partial charge >= 0.3 is 0 Å². The minimum Gasteiger partial charge on any atom is -0.335 e. The van der Waals surface area contributed by atoms with Crippen LogP contribution in [0.5, 0.6) is 0 Å². The number of benzene rings is 1. The Morgan fingerprint density at radius 2 is 2.20 bits per heavy atom. The number of halogens is 1. The SMILES string of the molecule is Cc1ccc(NC(=O)CSc2nnc(-c3cccnc3)n2N)cc1F. The summed E-state index contributed by atoms with van der Waals surface area (Å²) in [6.07, 6.45) is 3.27. The average molecular weight is 358 g/mol. The summed E-state index contributed by atoms with van der Waals surface area (Å²) < 4.78 is 14.8. The number of thioether (sulfide) groups is 1. The van der Waals surface area contributed by atoms with Gasteiger partial charge in [0.25, 0.3) is 0 Å². The summed E-state index contributed by atoms with van der Waals surface area (Å²) in [5, 5.41) is 11.0. The molecule has 0 saturated heterocycles. The molecule has 3 N–H and O–H groups in total. The summed E-state index contributed by atoms with van der Waals surface area (Å²) in [4.78, 5) is 16.0. The number of aromatic nitrogens is 4. The Morgan fingerprint density at radius 1 is 1.36 bits per heavy atom. The molecule has 1 amide bonds. The van der Waals surface area contributed by atoms with Crippen molar-refractivity contribution < 1.29 is 9.18 Å². The summed E-state index contributed by atoms with van der Waals surface area (Å²) in [6, 6.07) is 8.12. The number of nitrogens with one attached hydrogen (secondary N) is 1. The van der Waals surface area contributed by atoms with Gasteiger partial charge in [0.05, 0.1) is 5.75 Å². The van der Waals surface area contributed by atoms with Crippen LogP contribution in [0, 0.1) is 12.7 Å². The van der Waals surface area contributed by atoms with Crippen molar-refractivity contribution >= 4 is 23.4 Å². The van der Waals surface area contributed by atoms with Crippen LogP contribution in [0.3, 0.4) is 0 Å². The van der Waals surface area contributed by atoms with Crippen LogP contribution in [-0.2, 0) is 4.79 Å². The van der Waals surface area contributed by atoms with E-state index in [-0.39, 0.29) is 17.5 Å². The molecule has 2 heterocycles. The lowest BCUT2D eigenvalue weighted by atomic mass is 10.2. The van der Waals surface area contributed by atoms with Crippen LogP contribution in [0.25, 0.3) is 11.4 Å². The first kappa shape index (κ1) is 16.9. The van der Waals surface area contributed by atoms with E-state index < -0.39 is 0 Å². The van der Waals surface area contributed by atoms with E-state index in [1.807, 2.05) is 6.07 Å². The molecule has 0 aliphatic carbocycles. The minimum atomic E-state index is -0.367. The number of amides is 1. The third-order valence-electron chi connectivity index (χ3n) is 3.37. The van der Waals surface area contributed by atoms with E-state index in [0.29, 0.717) is 22.2 Å². The first-order valence-electron chi connectivity index (χ1n) is 7.34. The van der Waals surface area contributed by atoms with Gasteiger partial charge in [0.15, 0.2) is 5.82 Å². The highest BCUT2D eigenvalue weighted by Crippen LogP contribution is 2.21. The van der Waals surface area contributed by atoms with Gasteiger partial charge in [-0.2, -0.15) is 0 Å². The normalized spacial score (nSPS) is 10.6. The van der Waals surface area contributed by atoms with E-state index in [0.717, 1.165) is 17.3 Å². The van der Waals surface area contributed by atoms with Gasteiger partial charge in [-0.3, -0.25) is 9.78 Å². The molecule has 25 heavy (non-hydrogen) atoms. The number of rotatable bonds is 5. The van der Waals surface area contributed by atoms with E-state index in [9.17, 15) is 9.18 Å². The Labute approximate surface area is 147 Å². The van der Waals surface area contributed by atoms with Gasteiger partial charge in [0, 0.05) is 23.6 Å². The van der Waals surface area contributed by atoms with E-state index in [2.05, 4.69) is 20.5 Å². The lowest BCUT2D eigenvalue weighted by Gasteiger charge is -2.06. The van der Waals surface area contributed by atoms with Gasteiger partial charge < -0.3 is 11.2 Å². The molecule has 0 aliphatic heterocycles. The zero-order valence-corrected chi connectivity index (χ0v) is 14.1. The van der Waals surface area contributed by atoms with Crippen molar-refractivity contribution in [2.24, 2.45) is 0 Å². The van der Waals surface area contributed by atoms with Gasteiger partial charge in [-0.25, -0.2) is 9.07 Å². The first-order valence-corrected chi connectivity index (χ1v) is 8.33. The zero-order chi connectivity index (χ0) is 17.8. The van der Waals surface area contributed by atoms with E-state index in [1.54, 1.807) is 37.5 Å². The largest absolute Gasteiger partial charge is 0.335 e. The number of hydrogen-bond acceptors (Lipinski definition) is 6. The lowest BCUT2D eigenvalue weighted by molar-refractivity contribution is -0.113. The maximum atomic E-state index is 13.5. The molecular weight excluding hydrogens is 343 g/mol. The molecule has 0 unspecified atom stereocenters. The van der Waals surface area contributed by atoms with Crippen molar-refractivity contribution in [1.82, 2.24) is 19.9 Å². The molecule has 9 heteroatoms. The molecule has 128 valence electrons. The summed E-state index contributed by atoms with van der Waals surface area (Å²) in [5.74, 6) is 5.84. The van der Waals surface area contributed by atoms with Gasteiger partial charge in [-0.15, -0.1) is 10.2 Å². The molecule has 0 aliphatic rings. The highest BCUT2D eigenvalue weighted by atomic mass is 32.2. The summed E-state index contributed by atoms with van der Waals surface area (Å²) in [5.41, 5.74) is 1.65. The molecule has 0 bridgehead atoms. The Morgan fingerprint density at radius 3 is 2.92 bits per heavy atom. The topological polar surface area (TPSA) is 98.7 Å². The monoisotopic (exact) mass is 358 g/mol. The number of nitrogen functional groups attached to an aromatic ring is 1. The van der Waals surface area contributed by atoms with E-state index >= 15 is 0 Å². The molecule has 0 spiro atoms. The fraction of sp³-hybridized carbons (Fsp3) is 0.125. The fourth-order valence-corrected chi connectivity index (χ4v) is 2.72. The van der Waals surface area contributed by atoms with Gasteiger partial charge in [-0.1, -0.05) is 17.8 Å². The number of aryl methyl sites for hydroxylation is 1. The van der Waals surface area contributed by atoms with Gasteiger partial charge in [0.1, 0.15) is 5.82 Å². The molecular formula is C16H15FN6OS. The predicted molar refractivity (Wildman–Crippen MR) is 93.9 cm³/mol. The van der Waals surface area contributed by atoms with Crippen LogP contribution < -0.4 is 11.2 Å². The molecule has 0 fully saturated rings. The first-order chi connectivity index (χ1) is 12.0. The lowest BCUT2D eigenvalue weighted by Crippen LogP contribution is -2.16. The molecule has 0 radical (unpaired) electrons. The second-order valence-corrected chi connectivity index (χ2v) is 6.16. The summed E-state index contributed by atoms with van der Waals surface area (Å²) in [6.45, 7) is 1.66. The predicted octanol–water partition coefficient (Wildman–Crippen LogP) is 2.23. The van der Waals surface area contributed by atoms with Crippen LogP contribution in [-0.4, -0.2) is 31.5 Å². The van der Waals surface area contributed by atoms with Crippen molar-refractivity contribution in [2.45, 2.75) is 12.1 Å². The molecule has 0 saturated carbocycles. The van der Waals surface area contributed by atoms with Gasteiger partial charge in [0.2, 0.25) is 11.1 Å². The van der Waals surface area contributed by atoms with Crippen molar-refractivity contribution in [3.8, 4) is 11.4 Å². The number of nitrogens with two attached hydrogens (primary N) is 1. The highest BCUT2D eigenvalue weighted by molar-refractivity contribution is 7.99. The quantitative estimate of drug-likeness (QED) is 0.536. The highest BCUT2D eigenvalue weighted by Gasteiger charge is 2.14. The van der Waals surface area contributed by atoms with E-state index in [4.69, 9.17) is 5.84 Å².